The van der Waals surface area contributed by atoms with Crippen LogP contribution in [0.5, 0.6) is 5.75 Å². The molecule has 9 nitrogen and oxygen atoms in total. The lowest BCUT2D eigenvalue weighted by Gasteiger charge is -2.38. The van der Waals surface area contributed by atoms with E-state index in [1.165, 1.54) is 18.1 Å². The largest absolute Gasteiger partial charge is 0.494 e. The Morgan fingerprint density at radius 3 is 2.38 bits per heavy atom. The van der Waals surface area contributed by atoms with Crippen LogP contribution in [0.25, 0.3) is 0 Å². The molecule has 2 aromatic carbocycles. The first-order valence-electron chi connectivity index (χ1n) is 12.7. The summed E-state index contributed by atoms with van der Waals surface area (Å²) in [5, 5.41) is 15.8. The lowest BCUT2D eigenvalue weighted by Crippen LogP contribution is -2.53. The fourth-order valence-electron chi connectivity index (χ4n) is 5.00. The molecule has 0 aromatic heterocycles. The normalized spacial score (nSPS) is 18.9. The van der Waals surface area contributed by atoms with Crippen molar-refractivity contribution < 1.29 is 23.8 Å². The molecule has 4 rings (SSSR count). The minimum absolute atomic E-state index is 0.0236. The van der Waals surface area contributed by atoms with Gasteiger partial charge in [0.2, 0.25) is 5.91 Å². The second kappa shape index (κ2) is 12.1. The summed E-state index contributed by atoms with van der Waals surface area (Å²) in [7, 11) is 1.44. The maximum Gasteiger partial charge on any atom is 0.407 e. The smallest absolute Gasteiger partial charge is 0.407 e. The highest BCUT2D eigenvalue weighted by atomic mass is 19.1. The van der Waals surface area contributed by atoms with Crippen molar-refractivity contribution in [1.29, 1.82) is 0 Å². The van der Waals surface area contributed by atoms with Gasteiger partial charge in [0.15, 0.2) is 11.6 Å². The first-order valence-corrected chi connectivity index (χ1v) is 12.7. The standard InChI is InChI=1S/C27H36FN5O4/c1-19-17-31(13-14-33(19)27(35)36)18-20-3-5-21(6-4-20)29-16-26(34)32-11-9-22(10-12-32)30-23-7-8-25(37-2)24(28)15-23/h3-8,15,19,22,29-30H,9-14,16-18H2,1-2H3,(H,35,36)/t19-/m0/s1. The van der Waals surface area contributed by atoms with Gasteiger partial charge in [-0.3, -0.25) is 9.69 Å². The predicted molar refractivity (Wildman–Crippen MR) is 141 cm³/mol. The van der Waals surface area contributed by atoms with Gasteiger partial charge < -0.3 is 30.3 Å². The van der Waals surface area contributed by atoms with E-state index < -0.39 is 11.9 Å². The molecule has 3 N–H and O–H groups in total. The summed E-state index contributed by atoms with van der Waals surface area (Å²) >= 11 is 0. The van der Waals surface area contributed by atoms with E-state index in [-0.39, 0.29) is 30.3 Å². The monoisotopic (exact) mass is 513 g/mol. The molecule has 2 aliphatic rings. The molecule has 2 fully saturated rings. The van der Waals surface area contributed by atoms with Crippen LogP contribution in [0.1, 0.15) is 25.3 Å². The molecule has 2 aliphatic heterocycles. The SMILES string of the molecule is COc1ccc(NC2CCN(C(=O)CNc3ccc(CN4CCN(C(=O)O)[C@@H](C)C4)cc3)CC2)cc1F. The van der Waals surface area contributed by atoms with E-state index in [1.807, 2.05) is 36.1 Å². The van der Waals surface area contributed by atoms with Crippen molar-refractivity contribution in [2.75, 3.05) is 57.0 Å². The second-order valence-electron chi connectivity index (χ2n) is 9.76. The fourth-order valence-corrected chi connectivity index (χ4v) is 5.00. The van der Waals surface area contributed by atoms with E-state index in [4.69, 9.17) is 4.74 Å². The summed E-state index contributed by atoms with van der Waals surface area (Å²) < 4.78 is 18.9. The van der Waals surface area contributed by atoms with Crippen LogP contribution in [0.3, 0.4) is 0 Å². The van der Waals surface area contributed by atoms with Gasteiger partial charge in [0.25, 0.3) is 0 Å². The van der Waals surface area contributed by atoms with Crippen LogP contribution in [0.2, 0.25) is 0 Å². The van der Waals surface area contributed by atoms with Gasteiger partial charge in [-0.05, 0) is 49.6 Å². The van der Waals surface area contributed by atoms with Crippen LogP contribution in [-0.2, 0) is 11.3 Å². The first-order chi connectivity index (χ1) is 17.8. The number of rotatable bonds is 8. The highest BCUT2D eigenvalue weighted by Gasteiger charge is 2.27. The van der Waals surface area contributed by atoms with Gasteiger partial charge in [0.1, 0.15) is 0 Å². The van der Waals surface area contributed by atoms with Crippen LogP contribution in [-0.4, -0.2) is 90.3 Å². The maximum absolute atomic E-state index is 13.9. The van der Waals surface area contributed by atoms with Crippen LogP contribution in [0.4, 0.5) is 20.6 Å². The molecular formula is C27H36FN5O4. The quantitative estimate of drug-likeness (QED) is 0.497. The Morgan fingerprint density at radius 1 is 1.05 bits per heavy atom. The van der Waals surface area contributed by atoms with E-state index in [0.717, 1.165) is 30.6 Å². The number of hydrogen-bond acceptors (Lipinski definition) is 6. The average Bonchev–Trinajstić information content (AvgIpc) is 2.88. The number of methoxy groups -OCH3 is 1. The zero-order valence-corrected chi connectivity index (χ0v) is 21.5. The maximum atomic E-state index is 13.9. The van der Waals surface area contributed by atoms with Gasteiger partial charge >= 0.3 is 6.09 Å². The van der Waals surface area contributed by atoms with Crippen LogP contribution in [0, 0.1) is 5.82 Å². The number of carbonyl (C=O) groups is 2. The summed E-state index contributed by atoms with van der Waals surface area (Å²) in [6.45, 7) is 6.20. The fraction of sp³-hybridized carbons (Fsp3) is 0.481. The van der Waals surface area contributed by atoms with Gasteiger partial charge in [0, 0.05) is 68.8 Å². The Kier molecular flexibility index (Phi) is 8.70. The number of carboxylic acid groups (broad SMARTS) is 1. The number of ether oxygens (including phenoxy) is 1. The number of likely N-dealkylation sites (tertiary alicyclic amines) is 1. The van der Waals surface area contributed by atoms with Crippen LogP contribution < -0.4 is 15.4 Å². The zero-order valence-electron chi connectivity index (χ0n) is 21.5. The summed E-state index contributed by atoms with van der Waals surface area (Å²) in [6.07, 6.45) is 0.740. The lowest BCUT2D eigenvalue weighted by atomic mass is 10.0. The summed E-state index contributed by atoms with van der Waals surface area (Å²) in [4.78, 5) is 29.6. The Balaban J connectivity index is 1.17. The van der Waals surface area contributed by atoms with Gasteiger partial charge in [-0.25, -0.2) is 9.18 Å². The topological polar surface area (TPSA) is 97.4 Å². The third-order valence-corrected chi connectivity index (χ3v) is 7.13. The predicted octanol–water partition coefficient (Wildman–Crippen LogP) is 3.53. The molecule has 2 saturated heterocycles. The highest BCUT2D eigenvalue weighted by Crippen LogP contribution is 2.23. The van der Waals surface area contributed by atoms with E-state index in [1.54, 1.807) is 12.1 Å². The molecule has 200 valence electrons. The molecule has 10 heteroatoms. The Morgan fingerprint density at radius 2 is 1.76 bits per heavy atom. The zero-order chi connectivity index (χ0) is 26.4. The number of halogens is 1. The third kappa shape index (κ3) is 7.03. The van der Waals surface area contributed by atoms with Gasteiger partial charge in [-0.1, -0.05) is 12.1 Å². The van der Waals surface area contributed by atoms with E-state index in [9.17, 15) is 19.1 Å². The molecule has 0 radical (unpaired) electrons. The number of amides is 2. The molecule has 0 unspecified atom stereocenters. The van der Waals surface area contributed by atoms with Gasteiger partial charge in [0.05, 0.1) is 13.7 Å². The van der Waals surface area contributed by atoms with Crippen LogP contribution >= 0.6 is 0 Å². The summed E-state index contributed by atoms with van der Waals surface area (Å²) in [5.74, 6) is -0.116. The average molecular weight is 514 g/mol. The number of piperidine rings is 1. The lowest BCUT2D eigenvalue weighted by molar-refractivity contribution is -0.130. The molecule has 2 heterocycles. The number of nitrogens with one attached hydrogen (secondary N) is 2. The Hall–Kier alpha value is -3.53. The highest BCUT2D eigenvalue weighted by molar-refractivity contribution is 5.81. The number of piperazine rings is 1. The Labute approximate surface area is 217 Å². The van der Waals surface area contributed by atoms with E-state index >= 15 is 0 Å². The van der Waals surface area contributed by atoms with Gasteiger partial charge in [-0.15, -0.1) is 0 Å². The molecule has 0 aliphatic carbocycles. The van der Waals surface area contributed by atoms with Crippen molar-refractivity contribution in [2.24, 2.45) is 0 Å². The third-order valence-electron chi connectivity index (χ3n) is 7.13. The molecule has 2 aromatic rings. The number of hydrogen-bond donors (Lipinski definition) is 3. The molecule has 2 amide bonds. The molecule has 1 atom stereocenters. The Bertz CT molecular complexity index is 1070. The van der Waals surface area contributed by atoms with Crippen molar-refractivity contribution in [1.82, 2.24) is 14.7 Å². The number of benzene rings is 2. The van der Waals surface area contributed by atoms with Gasteiger partial charge in [-0.2, -0.15) is 0 Å². The molecular weight excluding hydrogens is 477 g/mol. The number of anilines is 2. The van der Waals surface area contributed by atoms with E-state index in [2.05, 4.69) is 15.5 Å². The molecule has 0 bridgehead atoms. The van der Waals surface area contributed by atoms with E-state index in [0.29, 0.717) is 38.4 Å². The molecule has 0 saturated carbocycles. The van der Waals surface area contributed by atoms with Crippen molar-refractivity contribution in [3.63, 3.8) is 0 Å². The molecule has 0 spiro atoms. The number of carbonyl (C=O) groups excluding carboxylic acids is 1. The van der Waals surface area contributed by atoms with Crippen molar-refractivity contribution >= 4 is 23.4 Å². The van der Waals surface area contributed by atoms with Crippen molar-refractivity contribution in [3.8, 4) is 5.75 Å². The second-order valence-corrected chi connectivity index (χ2v) is 9.76. The van der Waals surface area contributed by atoms with Crippen molar-refractivity contribution in [3.05, 3.63) is 53.8 Å². The number of nitrogens with zero attached hydrogens (tertiary/aromatic N) is 3. The van der Waals surface area contributed by atoms with Crippen molar-refractivity contribution in [2.45, 2.75) is 38.4 Å². The van der Waals surface area contributed by atoms with Crippen LogP contribution in [0.15, 0.2) is 42.5 Å². The first kappa shape index (κ1) is 26.5. The minimum Gasteiger partial charge on any atom is -0.494 e. The molecule has 37 heavy (non-hydrogen) atoms. The minimum atomic E-state index is -0.858. The summed E-state index contributed by atoms with van der Waals surface area (Å²) in [6, 6.07) is 13.0. The summed E-state index contributed by atoms with van der Waals surface area (Å²) in [5.41, 5.74) is 2.75.